The number of hydrogen-bond acceptors (Lipinski definition) is 1. The van der Waals surface area contributed by atoms with E-state index in [1.165, 1.54) is 32.2 Å². The summed E-state index contributed by atoms with van der Waals surface area (Å²) in [6.45, 7) is 2.48. The highest BCUT2D eigenvalue weighted by Gasteiger charge is 2.21. The van der Waals surface area contributed by atoms with Crippen LogP contribution in [-0.4, -0.2) is 24.0 Å². The van der Waals surface area contributed by atoms with Crippen LogP contribution in [0.1, 0.15) is 25.7 Å². The lowest BCUT2D eigenvalue weighted by Gasteiger charge is -2.36. The predicted molar refractivity (Wildman–Crippen MR) is 41.6 cm³/mol. The van der Waals surface area contributed by atoms with Gasteiger partial charge in [0.05, 0.1) is 0 Å². The molecule has 1 unspecified atom stereocenters. The van der Waals surface area contributed by atoms with E-state index in [1.807, 2.05) is 0 Å². The first-order chi connectivity index (χ1) is 4.97. The molecule has 1 atom stereocenters. The van der Waals surface area contributed by atoms with Gasteiger partial charge in [0, 0.05) is 12.6 Å². The Bertz CT molecular complexity index is 124. The fourth-order valence-electron chi connectivity index (χ4n) is 1.93. The van der Waals surface area contributed by atoms with Crippen LogP contribution in [0.5, 0.6) is 0 Å². The second-order valence-corrected chi connectivity index (χ2v) is 3.26. The van der Waals surface area contributed by atoms with Crippen LogP contribution in [0.25, 0.3) is 0 Å². The third-order valence-electron chi connectivity index (χ3n) is 2.57. The van der Waals surface area contributed by atoms with Crippen LogP contribution in [0.2, 0.25) is 0 Å². The molecule has 1 fully saturated rings. The average Bonchev–Trinajstić information content (AvgIpc) is 2.05. The Hall–Kier alpha value is -0.300. The number of piperidine rings is 1. The van der Waals surface area contributed by atoms with Gasteiger partial charge < -0.3 is 0 Å². The summed E-state index contributed by atoms with van der Waals surface area (Å²) in [7, 11) is 0. The lowest BCUT2D eigenvalue weighted by Crippen LogP contribution is -2.40. The highest BCUT2D eigenvalue weighted by Crippen LogP contribution is 2.21. The third-order valence-corrected chi connectivity index (χ3v) is 2.57. The van der Waals surface area contributed by atoms with Crippen LogP contribution in [-0.2, 0) is 0 Å². The Labute approximate surface area is 62.7 Å². The van der Waals surface area contributed by atoms with E-state index in [9.17, 15) is 0 Å². The van der Waals surface area contributed by atoms with Crippen molar-refractivity contribution in [1.29, 1.82) is 0 Å². The Kier molecular flexibility index (Phi) is 1.76. The maximum atomic E-state index is 3.32. The van der Waals surface area contributed by atoms with Gasteiger partial charge in [0.1, 0.15) is 0 Å². The Morgan fingerprint density at radius 3 is 3.30 bits per heavy atom. The lowest BCUT2D eigenvalue weighted by atomic mass is 9.97. The zero-order chi connectivity index (χ0) is 6.81. The van der Waals surface area contributed by atoms with Crippen LogP contribution in [0.4, 0.5) is 0 Å². The second-order valence-electron chi connectivity index (χ2n) is 3.26. The summed E-state index contributed by atoms with van der Waals surface area (Å²) in [6, 6.07) is 0.846. The summed E-state index contributed by atoms with van der Waals surface area (Å²) in [5, 5.41) is 0. The van der Waals surface area contributed by atoms with Crippen molar-refractivity contribution in [3.05, 3.63) is 12.2 Å². The number of hydrogen-bond donors (Lipinski definition) is 0. The second kappa shape index (κ2) is 2.75. The highest BCUT2D eigenvalue weighted by molar-refractivity contribution is 4.92. The normalized spacial score (nSPS) is 33.8. The zero-order valence-electron chi connectivity index (χ0n) is 6.34. The molecule has 0 aromatic heterocycles. The standard InChI is InChI=1S/C9H14N/c1-3-7-10-8-4-2-6-9(10)5-1/h4,9H,1,3,5-8H2. The molecule has 1 heteroatoms. The van der Waals surface area contributed by atoms with Crippen LogP contribution in [0.3, 0.4) is 0 Å². The van der Waals surface area contributed by atoms with Gasteiger partial charge in [0.2, 0.25) is 0 Å². The molecular formula is C9H14N. The van der Waals surface area contributed by atoms with E-state index >= 15 is 0 Å². The minimum absolute atomic E-state index is 0.846. The van der Waals surface area contributed by atoms with Gasteiger partial charge in [-0.2, -0.15) is 0 Å². The molecule has 1 nitrogen and oxygen atoms in total. The number of nitrogens with zero attached hydrogens (tertiary/aromatic N) is 1. The molecule has 0 aromatic carbocycles. The van der Waals surface area contributed by atoms with E-state index in [2.05, 4.69) is 17.1 Å². The minimum atomic E-state index is 0.846. The van der Waals surface area contributed by atoms with Gasteiger partial charge in [-0.05, 0) is 31.9 Å². The molecule has 0 saturated carbocycles. The maximum Gasteiger partial charge on any atom is 0.0172 e. The molecule has 2 aliphatic rings. The van der Waals surface area contributed by atoms with Crippen molar-refractivity contribution in [2.45, 2.75) is 31.7 Å². The third kappa shape index (κ3) is 1.10. The lowest BCUT2D eigenvalue weighted by molar-refractivity contribution is 0.156. The molecular weight excluding hydrogens is 122 g/mol. The van der Waals surface area contributed by atoms with Crippen molar-refractivity contribution in [3.63, 3.8) is 0 Å². The fourth-order valence-corrected chi connectivity index (χ4v) is 1.93. The topological polar surface area (TPSA) is 3.24 Å². The van der Waals surface area contributed by atoms with Crippen molar-refractivity contribution in [1.82, 2.24) is 4.90 Å². The predicted octanol–water partition coefficient (Wildman–Crippen LogP) is 1.60. The van der Waals surface area contributed by atoms with Gasteiger partial charge in [0.15, 0.2) is 0 Å². The van der Waals surface area contributed by atoms with Gasteiger partial charge in [-0.3, -0.25) is 4.90 Å². The first-order valence-corrected chi connectivity index (χ1v) is 4.26. The molecule has 2 aliphatic heterocycles. The molecule has 10 heavy (non-hydrogen) atoms. The van der Waals surface area contributed by atoms with Crippen LogP contribution < -0.4 is 0 Å². The quantitative estimate of drug-likeness (QED) is 0.489. The summed E-state index contributed by atoms with van der Waals surface area (Å²) in [5.74, 6) is 0. The monoisotopic (exact) mass is 136 g/mol. The van der Waals surface area contributed by atoms with Crippen LogP contribution in [0.15, 0.2) is 6.08 Å². The molecule has 0 aromatic rings. The van der Waals surface area contributed by atoms with E-state index in [0.29, 0.717) is 0 Å². The molecule has 0 aliphatic carbocycles. The van der Waals surface area contributed by atoms with Gasteiger partial charge >= 0.3 is 0 Å². The van der Waals surface area contributed by atoms with E-state index in [0.717, 1.165) is 12.6 Å². The van der Waals surface area contributed by atoms with Crippen molar-refractivity contribution in [2.24, 2.45) is 0 Å². The maximum absolute atomic E-state index is 3.32. The van der Waals surface area contributed by atoms with Gasteiger partial charge in [-0.1, -0.05) is 12.5 Å². The molecule has 0 amide bonds. The fraction of sp³-hybridized carbons (Fsp3) is 0.778. The number of fused-ring (bicyclic) bond motifs is 1. The molecule has 0 spiro atoms. The molecule has 0 bridgehead atoms. The smallest absolute Gasteiger partial charge is 0.0172 e. The van der Waals surface area contributed by atoms with Gasteiger partial charge in [-0.15, -0.1) is 0 Å². The van der Waals surface area contributed by atoms with Crippen molar-refractivity contribution >= 4 is 0 Å². The molecule has 1 radical (unpaired) electrons. The van der Waals surface area contributed by atoms with Crippen molar-refractivity contribution < 1.29 is 0 Å². The summed E-state index contributed by atoms with van der Waals surface area (Å²) in [6.07, 6.45) is 10.9. The Balaban J connectivity index is 2.01. The number of rotatable bonds is 0. The summed E-state index contributed by atoms with van der Waals surface area (Å²) in [4.78, 5) is 2.58. The van der Waals surface area contributed by atoms with Crippen LogP contribution in [0, 0.1) is 6.08 Å². The average molecular weight is 136 g/mol. The van der Waals surface area contributed by atoms with E-state index in [1.54, 1.807) is 0 Å². The summed E-state index contributed by atoms with van der Waals surface area (Å²) in [5.41, 5.74) is 0. The Morgan fingerprint density at radius 1 is 1.40 bits per heavy atom. The Morgan fingerprint density at radius 2 is 2.40 bits per heavy atom. The minimum Gasteiger partial charge on any atom is -0.296 e. The largest absolute Gasteiger partial charge is 0.296 e. The van der Waals surface area contributed by atoms with Gasteiger partial charge in [0.25, 0.3) is 0 Å². The highest BCUT2D eigenvalue weighted by atomic mass is 15.2. The van der Waals surface area contributed by atoms with E-state index < -0.39 is 0 Å². The molecule has 55 valence electrons. The summed E-state index contributed by atoms with van der Waals surface area (Å²) < 4.78 is 0. The molecule has 2 rings (SSSR count). The SMILES string of the molecule is [C]1=CCN2CCCCC2C1. The zero-order valence-corrected chi connectivity index (χ0v) is 6.34. The first kappa shape index (κ1) is 6.41. The van der Waals surface area contributed by atoms with Crippen LogP contribution >= 0.6 is 0 Å². The van der Waals surface area contributed by atoms with Crippen molar-refractivity contribution in [3.8, 4) is 0 Å². The van der Waals surface area contributed by atoms with E-state index in [-0.39, 0.29) is 0 Å². The molecule has 2 heterocycles. The molecule has 1 saturated heterocycles. The summed E-state index contributed by atoms with van der Waals surface area (Å²) >= 11 is 0. The van der Waals surface area contributed by atoms with Gasteiger partial charge in [-0.25, -0.2) is 0 Å². The van der Waals surface area contributed by atoms with E-state index in [4.69, 9.17) is 0 Å². The first-order valence-electron chi connectivity index (χ1n) is 4.26. The molecule has 0 N–H and O–H groups in total. The van der Waals surface area contributed by atoms with Crippen molar-refractivity contribution in [2.75, 3.05) is 13.1 Å².